The highest BCUT2D eigenvalue weighted by Gasteiger charge is 2.19. The van der Waals surface area contributed by atoms with E-state index in [0.717, 1.165) is 18.4 Å². The molecule has 0 saturated heterocycles. The molecule has 0 radical (unpaired) electrons. The molecule has 1 aliphatic carbocycles. The highest BCUT2D eigenvalue weighted by Crippen LogP contribution is 2.22. The van der Waals surface area contributed by atoms with E-state index in [9.17, 15) is 4.79 Å². The van der Waals surface area contributed by atoms with Crippen LogP contribution < -0.4 is 5.32 Å². The summed E-state index contributed by atoms with van der Waals surface area (Å²) in [6.07, 6.45) is 1.37. The first-order chi connectivity index (χ1) is 7.69. The fourth-order valence-corrected chi connectivity index (χ4v) is 2.12. The lowest BCUT2D eigenvalue weighted by Gasteiger charge is -2.24. The third kappa shape index (κ3) is 2.14. The molecule has 4 nitrogen and oxygen atoms in total. The number of carbonyl (C=O) groups is 1. The van der Waals surface area contributed by atoms with Gasteiger partial charge in [-0.15, -0.1) is 0 Å². The SMILES string of the molecule is N#Cc1ccc2c(c1)CCC(NC(=O)O)C2. The Hall–Kier alpha value is -2.02. The van der Waals surface area contributed by atoms with Crippen molar-refractivity contribution in [2.45, 2.75) is 25.3 Å². The molecule has 4 heteroatoms. The van der Waals surface area contributed by atoms with Gasteiger partial charge in [-0.3, -0.25) is 0 Å². The Kier molecular flexibility index (Phi) is 2.78. The van der Waals surface area contributed by atoms with Gasteiger partial charge in [-0.1, -0.05) is 6.07 Å². The van der Waals surface area contributed by atoms with Crippen LogP contribution in [0.15, 0.2) is 18.2 Å². The Morgan fingerprint density at radius 2 is 2.31 bits per heavy atom. The fraction of sp³-hybridized carbons (Fsp3) is 0.333. The number of nitrogens with one attached hydrogen (secondary N) is 1. The molecular formula is C12H12N2O2. The van der Waals surface area contributed by atoms with Crippen molar-refractivity contribution in [3.63, 3.8) is 0 Å². The van der Waals surface area contributed by atoms with Crippen molar-refractivity contribution in [3.8, 4) is 6.07 Å². The number of benzene rings is 1. The topological polar surface area (TPSA) is 73.1 Å². The van der Waals surface area contributed by atoms with Crippen molar-refractivity contribution in [2.75, 3.05) is 0 Å². The Morgan fingerprint density at radius 3 is 3.00 bits per heavy atom. The highest BCUT2D eigenvalue weighted by molar-refractivity contribution is 5.65. The lowest BCUT2D eigenvalue weighted by Crippen LogP contribution is -2.37. The predicted octanol–water partition coefficient (Wildman–Crippen LogP) is 1.68. The van der Waals surface area contributed by atoms with Gasteiger partial charge in [-0.25, -0.2) is 4.79 Å². The maximum atomic E-state index is 10.5. The van der Waals surface area contributed by atoms with Crippen LogP contribution in [0.1, 0.15) is 23.1 Å². The van der Waals surface area contributed by atoms with Gasteiger partial charge >= 0.3 is 6.09 Å². The number of carboxylic acid groups (broad SMARTS) is 1. The van der Waals surface area contributed by atoms with E-state index in [-0.39, 0.29) is 6.04 Å². The van der Waals surface area contributed by atoms with Gasteiger partial charge in [0.05, 0.1) is 11.6 Å². The number of hydrogen-bond acceptors (Lipinski definition) is 2. The summed E-state index contributed by atoms with van der Waals surface area (Å²) in [6.45, 7) is 0. The first kappa shape index (κ1) is 10.5. The van der Waals surface area contributed by atoms with Crippen molar-refractivity contribution in [2.24, 2.45) is 0 Å². The number of aryl methyl sites for hydroxylation is 1. The van der Waals surface area contributed by atoms with Crippen molar-refractivity contribution in [3.05, 3.63) is 34.9 Å². The molecule has 1 amide bonds. The van der Waals surface area contributed by atoms with Crippen LogP contribution in [0.4, 0.5) is 4.79 Å². The van der Waals surface area contributed by atoms with E-state index >= 15 is 0 Å². The Bertz CT molecular complexity index is 463. The Labute approximate surface area is 93.5 Å². The molecule has 0 bridgehead atoms. The van der Waals surface area contributed by atoms with Crippen molar-refractivity contribution in [1.29, 1.82) is 5.26 Å². The molecule has 2 N–H and O–H groups in total. The van der Waals surface area contributed by atoms with Gasteiger partial charge < -0.3 is 10.4 Å². The Balaban J connectivity index is 2.16. The van der Waals surface area contributed by atoms with Gasteiger partial charge in [0.1, 0.15) is 0 Å². The summed E-state index contributed by atoms with van der Waals surface area (Å²) in [5.74, 6) is 0. The fourth-order valence-electron chi connectivity index (χ4n) is 2.12. The van der Waals surface area contributed by atoms with E-state index in [0.29, 0.717) is 12.0 Å². The molecule has 0 fully saturated rings. The van der Waals surface area contributed by atoms with Gasteiger partial charge in [0.2, 0.25) is 0 Å². The Morgan fingerprint density at radius 1 is 1.50 bits per heavy atom. The van der Waals surface area contributed by atoms with Crippen molar-refractivity contribution in [1.82, 2.24) is 5.32 Å². The molecule has 0 saturated carbocycles. The molecule has 0 aliphatic heterocycles. The van der Waals surface area contributed by atoms with E-state index < -0.39 is 6.09 Å². The van der Waals surface area contributed by atoms with Gasteiger partial charge in [0.15, 0.2) is 0 Å². The largest absolute Gasteiger partial charge is 0.465 e. The maximum Gasteiger partial charge on any atom is 0.404 e. The van der Waals surface area contributed by atoms with Gasteiger partial charge in [0.25, 0.3) is 0 Å². The predicted molar refractivity (Wildman–Crippen MR) is 58.1 cm³/mol. The molecule has 0 spiro atoms. The van der Waals surface area contributed by atoms with Crippen LogP contribution in [0, 0.1) is 11.3 Å². The van der Waals surface area contributed by atoms with E-state index in [1.165, 1.54) is 5.56 Å². The number of hydrogen-bond donors (Lipinski definition) is 2. The molecule has 82 valence electrons. The average Bonchev–Trinajstić information content (AvgIpc) is 2.27. The molecule has 0 aromatic heterocycles. The second kappa shape index (κ2) is 4.23. The van der Waals surface area contributed by atoms with Crippen LogP contribution in [0.5, 0.6) is 0 Å². The monoisotopic (exact) mass is 216 g/mol. The van der Waals surface area contributed by atoms with Gasteiger partial charge in [-0.05, 0) is 42.5 Å². The van der Waals surface area contributed by atoms with Crippen molar-refractivity contribution >= 4 is 6.09 Å². The molecule has 16 heavy (non-hydrogen) atoms. The summed E-state index contributed by atoms with van der Waals surface area (Å²) in [5.41, 5.74) is 2.98. The molecular weight excluding hydrogens is 204 g/mol. The zero-order valence-corrected chi connectivity index (χ0v) is 8.73. The first-order valence-electron chi connectivity index (χ1n) is 5.20. The quantitative estimate of drug-likeness (QED) is 0.750. The second-order valence-corrected chi connectivity index (χ2v) is 3.98. The summed E-state index contributed by atoms with van der Waals surface area (Å²) in [4.78, 5) is 10.5. The molecule has 1 aromatic carbocycles. The third-order valence-corrected chi connectivity index (χ3v) is 2.89. The second-order valence-electron chi connectivity index (χ2n) is 3.98. The zero-order chi connectivity index (χ0) is 11.5. The number of rotatable bonds is 1. The third-order valence-electron chi connectivity index (χ3n) is 2.89. The van der Waals surface area contributed by atoms with E-state index in [1.807, 2.05) is 12.1 Å². The smallest absolute Gasteiger partial charge is 0.404 e. The van der Waals surface area contributed by atoms with Crippen molar-refractivity contribution < 1.29 is 9.90 Å². The summed E-state index contributed by atoms with van der Waals surface area (Å²) in [6, 6.07) is 7.70. The zero-order valence-electron chi connectivity index (χ0n) is 8.73. The average molecular weight is 216 g/mol. The molecule has 1 unspecified atom stereocenters. The minimum atomic E-state index is -0.970. The number of amides is 1. The number of nitriles is 1. The van der Waals surface area contributed by atoms with Crippen LogP contribution in [0.2, 0.25) is 0 Å². The maximum absolute atomic E-state index is 10.5. The van der Waals surface area contributed by atoms with E-state index in [1.54, 1.807) is 6.07 Å². The van der Waals surface area contributed by atoms with E-state index in [4.69, 9.17) is 10.4 Å². The van der Waals surface area contributed by atoms with E-state index in [2.05, 4.69) is 11.4 Å². The van der Waals surface area contributed by atoms with Crippen LogP contribution >= 0.6 is 0 Å². The van der Waals surface area contributed by atoms with Crippen LogP contribution in [-0.4, -0.2) is 17.2 Å². The standard InChI is InChI=1S/C12H12N2O2/c13-7-8-1-2-10-6-11(14-12(15)16)4-3-9(10)5-8/h1-2,5,11,14H,3-4,6H2,(H,15,16). The minimum absolute atomic E-state index is 0.00191. The van der Waals surface area contributed by atoms with Crippen LogP contribution in [0.25, 0.3) is 0 Å². The molecule has 1 atom stereocenters. The number of fused-ring (bicyclic) bond motifs is 1. The van der Waals surface area contributed by atoms with Gasteiger partial charge in [0, 0.05) is 6.04 Å². The first-order valence-corrected chi connectivity index (χ1v) is 5.20. The molecule has 2 rings (SSSR count). The molecule has 0 heterocycles. The summed E-state index contributed by atoms with van der Waals surface area (Å²) >= 11 is 0. The van der Waals surface area contributed by atoms with Gasteiger partial charge in [-0.2, -0.15) is 5.26 Å². The molecule has 1 aliphatic rings. The highest BCUT2D eigenvalue weighted by atomic mass is 16.4. The number of nitrogens with zero attached hydrogens (tertiary/aromatic N) is 1. The summed E-state index contributed by atoms with van der Waals surface area (Å²) in [7, 11) is 0. The summed E-state index contributed by atoms with van der Waals surface area (Å²) in [5, 5.41) is 19.9. The van der Waals surface area contributed by atoms with Crippen LogP contribution in [0.3, 0.4) is 0 Å². The summed E-state index contributed by atoms with van der Waals surface area (Å²) < 4.78 is 0. The minimum Gasteiger partial charge on any atom is -0.465 e. The normalized spacial score (nSPS) is 18.3. The molecule has 1 aromatic rings. The lowest BCUT2D eigenvalue weighted by molar-refractivity contribution is 0.188. The lowest BCUT2D eigenvalue weighted by atomic mass is 9.87. The van der Waals surface area contributed by atoms with Crippen LogP contribution in [-0.2, 0) is 12.8 Å².